The molecule has 0 aromatic heterocycles. The summed E-state index contributed by atoms with van der Waals surface area (Å²) in [6.45, 7) is 9.39. The molecule has 1 amide bonds. The molecule has 1 unspecified atom stereocenters. The lowest BCUT2D eigenvalue weighted by atomic mass is 9.99. The van der Waals surface area contributed by atoms with Crippen molar-refractivity contribution < 1.29 is 4.79 Å². The third-order valence-electron chi connectivity index (χ3n) is 4.84. The van der Waals surface area contributed by atoms with Gasteiger partial charge in [0.2, 0.25) is 5.91 Å². The van der Waals surface area contributed by atoms with E-state index < -0.39 is 0 Å². The molecule has 1 aromatic rings. The van der Waals surface area contributed by atoms with Crippen LogP contribution in [-0.2, 0) is 17.9 Å². The van der Waals surface area contributed by atoms with Crippen LogP contribution in [0.1, 0.15) is 37.8 Å². The van der Waals surface area contributed by atoms with Crippen LogP contribution in [0.3, 0.4) is 0 Å². The number of nitrogens with one attached hydrogen (secondary N) is 2. The Morgan fingerprint density at radius 3 is 2.50 bits per heavy atom. The molecule has 0 spiro atoms. The van der Waals surface area contributed by atoms with Gasteiger partial charge in [0, 0.05) is 33.7 Å². The fourth-order valence-electron chi connectivity index (χ4n) is 3.27. The summed E-state index contributed by atoms with van der Waals surface area (Å²) in [6.07, 6.45) is 2.67. The van der Waals surface area contributed by atoms with E-state index in [1.165, 1.54) is 37.1 Å². The second-order valence-electron chi connectivity index (χ2n) is 7.64. The van der Waals surface area contributed by atoms with E-state index in [0.29, 0.717) is 12.5 Å². The number of aliphatic imine (C=N–C) groups is 1. The lowest BCUT2D eigenvalue weighted by molar-refractivity contribution is -0.127. The van der Waals surface area contributed by atoms with Gasteiger partial charge < -0.3 is 15.5 Å². The van der Waals surface area contributed by atoms with Gasteiger partial charge in [-0.25, -0.2) is 4.99 Å². The predicted octanol–water partition coefficient (Wildman–Crippen LogP) is 2.68. The zero-order valence-electron chi connectivity index (χ0n) is 17.7. The van der Waals surface area contributed by atoms with Gasteiger partial charge in [-0.2, -0.15) is 0 Å². The number of hydrogen-bond acceptors (Lipinski definition) is 3. The van der Waals surface area contributed by atoms with Gasteiger partial charge in [-0.15, -0.1) is 24.0 Å². The number of nitrogens with zero attached hydrogens (tertiary/aromatic N) is 3. The zero-order valence-corrected chi connectivity index (χ0v) is 20.0. The first-order valence-corrected chi connectivity index (χ1v) is 10.0. The molecule has 2 N–H and O–H groups in total. The minimum Gasteiger partial charge on any atom is -0.357 e. The Kier molecular flexibility index (Phi) is 11.4. The topological polar surface area (TPSA) is 60.0 Å². The quantitative estimate of drug-likeness (QED) is 0.343. The van der Waals surface area contributed by atoms with E-state index in [0.717, 1.165) is 19.0 Å². The van der Waals surface area contributed by atoms with Gasteiger partial charge in [-0.3, -0.25) is 9.69 Å². The van der Waals surface area contributed by atoms with Crippen molar-refractivity contribution in [3.8, 4) is 0 Å². The first-order chi connectivity index (χ1) is 13.0. The van der Waals surface area contributed by atoms with Crippen molar-refractivity contribution in [1.29, 1.82) is 0 Å². The monoisotopic (exact) mass is 501 g/mol. The van der Waals surface area contributed by atoms with E-state index in [2.05, 4.69) is 51.7 Å². The highest BCUT2D eigenvalue weighted by atomic mass is 127. The average Bonchev–Trinajstić information content (AvgIpc) is 2.65. The maximum atomic E-state index is 11.7. The van der Waals surface area contributed by atoms with Crippen LogP contribution >= 0.6 is 24.0 Å². The fraction of sp³-hybridized carbons (Fsp3) is 0.619. The maximum absolute atomic E-state index is 11.7. The number of likely N-dealkylation sites (tertiary alicyclic amines) is 1. The molecule has 7 heteroatoms. The van der Waals surface area contributed by atoms with Gasteiger partial charge in [0.15, 0.2) is 5.96 Å². The molecule has 1 saturated heterocycles. The molecule has 1 heterocycles. The highest BCUT2D eigenvalue weighted by molar-refractivity contribution is 14.0. The Labute approximate surface area is 187 Å². The van der Waals surface area contributed by atoms with Crippen LogP contribution in [0.2, 0.25) is 0 Å². The number of guanidine groups is 1. The molecule has 1 aliphatic heterocycles. The van der Waals surface area contributed by atoms with Crippen molar-refractivity contribution in [3.05, 3.63) is 35.4 Å². The summed E-state index contributed by atoms with van der Waals surface area (Å²) in [5, 5.41) is 6.26. The van der Waals surface area contributed by atoms with Crippen LogP contribution in [0.5, 0.6) is 0 Å². The first kappa shape index (κ1) is 24.7. The zero-order chi connectivity index (χ0) is 19.6. The molecule has 2 rings (SSSR count). The summed E-state index contributed by atoms with van der Waals surface area (Å²) in [7, 11) is 3.50. The molecular weight excluding hydrogens is 465 g/mol. The first-order valence-electron chi connectivity index (χ1n) is 10.0. The minimum absolute atomic E-state index is 0. The van der Waals surface area contributed by atoms with E-state index in [1.54, 1.807) is 19.0 Å². The Balaban J connectivity index is 0.00000392. The normalized spacial score (nSPS) is 17.6. The molecule has 158 valence electrons. The van der Waals surface area contributed by atoms with Crippen molar-refractivity contribution in [2.75, 3.05) is 40.3 Å². The van der Waals surface area contributed by atoms with E-state index in [1.807, 2.05) is 6.92 Å². The lowest BCUT2D eigenvalue weighted by Crippen LogP contribution is -2.42. The molecule has 1 aliphatic rings. The number of likely N-dealkylation sites (N-methyl/N-ethyl adjacent to an activating group) is 1. The number of rotatable bonds is 7. The predicted molar refractivity (Wildman–Crippen MR) is 127 cm³/mol. The lowest BCUT2D eigenvalue weighted by Gasteiger charge is -2.30. The number of carbonyl (C=O) groups excluding carboxylic acids is 1. The van der Waals surface area contributed by atoms with Gasteiger partial charge >= 0.3 is 0 Å². The number of benzene rings is 1. The summed E-state index contributed by atoms with van der Waals surface area (Å²) < 4.78 is 0. The van der Waals surface area contributed by atoms with Crippen LogP contribution in [0.4, 0.5) is 0 Å². The molecule has 0 bridgehead atoms. The third kappa shape index (κ3) is 8.77. The molecular formula is C21H36IN5O. The largest absolute Gasteiger partial charge is 0.357 e. The SMILES string of the molecule is CCNC(=NCc1ccc(CN2CCCC(C)C2)cc1)NCC(=O)N(C)C.I. The van der Waals surface area contributed by atoms with E-state index in [4.69, 9.17) is 0 Å². The standard InChI is InChI=1S/C21H35N5O.HI/c1-5-22-21(24-14-20(27)25(3)4)23-13-18-8-10-19(11-9-18)16-26-12-6-7-17(2)15-26;/h8-11,17H,5-7,12-16H2,1-4H3,(H2,22,23,24);1H. The highest BCUT2D eigenvalue weighted by Crippen LogP contribution is 2.18. The second-order valence-corrected chi connectivity index (χ2v) is 7.64. The van der Waals surface area contributed by atoms with Crippen molar-refractivity contribution in [1.82, 2.24) is 20.4 Å². The number of carbonyl (C=O) groups is 1. The maximum Gasteiger partial charge on any atom is 0.241 e. The Morgan fingerprint density at radius 2 is 1.89 bits per heavy atom. The van der Waals surface area contributed by atoms with Crippen LogP contribution < -0.4 is 10.6 Å². The Morgan fingerprint density at radius 1 is 1.21 bits per heavy atom. The van der Waals surface area contributed by atoms with E-state index >= 15 is 0 Å². The smallest absolute Gasteiger partial charge is 0.241 e. The minimum atomic E-state index is 0. The summed E-state index contributed by atoms with van der Waals surface area (Å²) in [5.41, 5.74) is 2.53. The summed E-state index contributed by atoms with van der Waals surface area (Å²) in [4.78, 5) is 20.4. The van der Waals surface area contributed by atoms with Gasteiger partial charge in [-0.1, -0.05) is 31.2 Å². The van der Waals surface area contributed by atoms with Crippen molar-refractivity contribution >= 4 is 35.8 Å². The Hall–Kier alpha value is -1.35. The molecule has 1 fully saturated rings. The van der Waals surface area contributed by atoms with Crippen LogP contribution in [0, 0.1) is 5.92 Å². The second kappa shape index (κ2) is 13.0. The van der Waals surface area contributed by atoms with Crippen molar-refractivity contribution in [3.63, 3.8) is 0 Å². The number of piperidine rings is 1. The molecule has 0 saturated carbocycles. The van der Waals surface area contributed by atoms with Crippen LogP contribution in [0.25, 0.3) is 0 Å². The van der Waals surface area contributed by atoms with Crippen molar-refractivity contribution in [2.24, 2.45) is 10.9 Å². The number of halogens is 1. The van der Waals surface area contributed by atoms with Crippen LogP contribution in [0.15, 0.2) is 29.3 Å². The molecule has 28 heavy (non-hydrogen) atoms. The van der Waals surface area contributed by atoms with Gasteiger partial charge in [0.25, 0.3) is 0 Å². The van der Waals surface area contributed by atoms with Crippen LogP contribution in [-0.4, -0.2) is 61.9 Å². The molecule has 1 atom stereocenters. The summed E-state index contributed by atoms with van der Waals surface area (Å²) in [6, 6.07) is 8.72. The summed E-state index contributed by atoms with van der Waals surface area (Å²) >= 11 is 0. The Bertz CT molecular complexity index is 618. The molecule has 0 radical (unpaired) electrons. The fourth-order valence-corrected chi connectivity index (χ4v) is 3.27. The van der Waals surface area contributed by atoms with E-state index in [9.17, 15) is 4.79 Å². The average molecular weight is 501 g/mol. The molecule has 0 aliphatic carbocycles. The third-order valence-corrected chi connectivity index (χ3v) is 4.84. The number of hydrogen-bond donors (Lipinski definition) is 2. The highest BCUT2D eigenvalue weighted by Gasteiger charge is 2.16. The summed E-state index contributed by atoms with van der Waals surface area (Å²) in [5.74, 6) is 1.50. The van der Waals surface area contributed by atoms with E-state index in [-0.39, 0.29) is 36.4 Å². The van der Waals surface area contributed by atoms with Gasteiger partial charge in [-0.05, 0) is 43.4 Å². The van der Waals surface area contributed by atoms with Gasteiger partial charge in [0.05, 0.1) is 13.1 Å². The molecule has 6 nitrogen and oxygen atoms in total. The number of amides is 1. The van der Waals surface area contributed by atoms with Gasteiger partial charge in [0.1, 0.15) is 0 Å². The molecule has 1 aromatic carbocycles. The van der Waals surface area contributed by atoms with Crippen molar-refractivity contribution in [2.45, 2.75) is 39.8 Å².